The third kappa shape index (κ3) is 4.53. The van der Waals surface area contributed by atoms with E-state index in [4.69, 9.17) is 0 Å². The van der Waals surface area contributed by atoms with Crippen LogP contribution >= 0.6 is 0 Å². The molecule has 2 heteroatoms. The van der Waals surface area contributed by atoms with Crippen molar-refractivity contribution in [3.63, 3.8) is 0 Å². The first-order valence-electron chi connectivity index (χ1n) is 8.16. The van der Waals surface area contributed by atoms with Gasteiger partial charge in [0.1, 0.15) is 0 Å². The summed E-state index contributed by atoms with van der Waals surface area (Å²) in [4.78, 5) is 0. The number of hydrogen-bond donors (Lipinski definition) is 0. The number of allylic oxidation sites excluding steroid dienone is 8. The van der Waals surface area contributed by atoms with Gasteiger partial charge < -0.3 is 0 Å². The zero-order valence-corrected chi connectivity index (χ0v) is 16.8. The van der Waals surface area contributed by atoms with Gasteiger partial charge in [-0.2, -0.15) is 0 Å². The zero-order valence-electron chi connectivity index (χ0n) is 13.3. The fourth-order valence-corrected chi connectivity index (χ4v) is 20.1. The first-order valence-corrected chi connectivity index (χ1v) is 16.8. The summed E-state index contributed by atoms with van der Waals surface area (Å²) in [7, 11) is 0. The van der Waals surface area contributed by atoms with E-state index in [-0.39, 0.29) is 5.43 Å². The van der Waals surface area contributed by atoms with E-state index in [1.54, 1.807) is 5.57 Å². The van der Waals surface area contributed by atoms with E-state index in [9.17, 15) is 0 Å². The van der Waals surface area contributed by atoms with Gasteiger partial charge in [-0.1, -0.05) is 0 Å². The minimum absolute atomic E-state index is 0.104. The fourth-order valence-electron chi connectivity index (χ4n) is 3.17. The molecule has 0 aromatic rings. The molecular formula is C18H28SiZr. The van der Waals surface area contributed by atoms with Crippen molar-refractivity contribution in [1.82, 2.24) is 0 Å². The van der Waals surface area contributed by atoms with Gasteiger partial charge in [-0.3, -0.25) is 0 Å². The fraction of sp³-hybridized carbons (Fsp3) is 0.556. The van der Waals surface area contributed by atoms with Crippen LogP contribution < -0.4 is 0 Å². The predicted octanol–water partition coefficient (Wildman–Crippen LogP) is 5.88. The van der Waals surface area contributed by atoms with Crippen molar-refractivity contribution in [2.75, 3.05) is 0 Å². The molecule has 0 saturated carbocycles. The third-order valence-electron chi connectivity index (χ3n) is 4.18. The average Bonchev–Trinajstić information content (AvgIpc) is 3.07. The Morgan fingerprint density at radius 3 is 2.60 bits per heavy atom. The van der Waals surface area contributed by atoms with Crippen LogP contribution in [0, 0.1) is 0 Å². The molecule has 0 aliphatic heterocycles. The molecule has 0 N–H and O–H groups in total. The molecule has 0 bridgehead atoms. The molecule has 2 rings (SSSR count). The van der Waals surface area contributed by atoms with Crippen molar-refractivity contribution in [2.45, 2.75) is 65.0 Å². The minimum atomic E-state index is -1.43. The summed E-state index contributed by atoms with van der Waals surface area (Å²) in [6.07, 6.45) is 21.7. The molecule has 0 saturated heterocycles. The number of unbranched alkanes of at least 4 members (excludes halogenated alkanes) is 3. The predicted molar refractivity (Wildman–Crippen MR) is 88.9 cm³/mol. The summed E-state index contributed by atoms with van der Waals surface area (Å²) in [6.45, 7) is 7.40. The molecule has 0 nitrogen and oxygen atoms in total. The van der Waals surface area contributed by atoms with E-state index in [0.29, 0.717) is 0 Å². The van der Waals surface area contributed by atoms with Crippen LogP contribution in [-0.4, -0.2) is 5.43 Å². The number of hydrogen-bond acceptors (Lipinski definition) is 0. The van der Waals surface area contributed by atoms with Gasteiger partial charge in [0.25, 0.3) is 0 Å². The molecule has 108 valence electrons. The molecular weight excluding hydrogens is 336 g/mol. The maximum absolute atomic E-state index is 2.62. The monoisotopic (exact) mass is 362 g/mol. The van der Waals surface area contributed by atoms with Crippen LogP contribution in [0.2, 0.25) is 13.1 Å². The second-order valence-corrected chi connectivity index (χ2v) is 23.5. The maximum atomic E-state index is 2.62. The zero-order chi connectivity index (χ0) is 14.4. The molecule has 0 fully saturated rings. The Morgan fingerprint density at radius 2 is 1.95 bits per heavy atom. The Morgan fingerprint density at radius 1 is 1.10 bits per heavy atom. The van der Waals surface area contributed by atoms with Crippen molar-refractivity contribution in [3.8, 4) is 0 Å². The van der Waals surface area contributed by atoms with E-state index < -0.39 is 20.4 Å². The molecule has 2 aliphatic carbocycles. The Kier molecular flexibility index (Phi) is 6.97. The van der Waals surface area contributed by atoms with Crippen LogP contribution in [-0.2, 0) is 20.4 Å². The van der Waals surface area contributed by atoms with Gasteiger partial charge in [0.05, 0.1) is 0 Å². The molecule has 0 radical (unpaired) electrons. The average molecular weight is 364 g/mol. The Hall–Kier alpha value is 0.0600. The SMILES string of the molecule is CCCCCCC1=CC[C]([Zr]([C]2=CC=CC2)=[Si](C)C)=C1. The first kappa shape index (κ1) is 16.4. The molecule has 0 aromatic carbocycles. The van der Waals surface area contributed by atoms with Crippen molar-refractivity contribution in [2.24, 2.45) is 0 Å². The van der Waals surface area contributed by atoms with Gasteiger partial charge in [0, 0.05) is 0 Å². The molecule has 0 spiro atoms. The van der Waals surface area contributed by atoms with E-state index in [2.05, 4.69) is 50.4 Å². The Bertz CT molecular complexity index is 500. The normalized spacial score (nSPS) is 17.1. The molecule has 0 unspecified atom stereocenters. The number of rotatable bonds is 7. The summed E-state index contributed by atoms with van der Waals surface area (Å²) in [5.41, 5.74) is 1.55. The van der Waals surface area contributed by atoms with Crippen LogP contribution in [0.4, 0.5) is 0 Å². The topological polar surface area (TPSA) is 0 Å². The molecule has 2 aliphatic rings. The van der Waals surface area contributed by atoms with Crippen LogP contribution in [0.1, 0.15) is 51.9 Å². The van der Waals surface area contributed by atoms with Gasteiger partial charge in [0.2, 0.25) is 0 Å². The van der Waals surface area contributed by atoms with Crippen LogP contribution in [0.25, 0.3) is 0 Å². The van der Waals surface area contributed by atoms with Crippen molar-refractivity contribution in [3.05, 3.63) is 42.5 Å². The van der Waals surface area contributed by atoms with E-state index in [1.807, 2.05) is 6.56 Å². The van der Waals surface area contributed by atoms with Crippen LogP contribution in [0.15, 0.2) is 42.5 Å². The summed E-state index contributed by atoms with van der Waals surface area (Å²) < 4.78 is 3.75. The summed E-state index contributed by atoms with van der Waals surface area (Å²) >= 11 is -1.43. The van der Waals surface area contributed by atoms with Gasteiger partial charge in [0.15, 0.2) is 0 Å². The summed E-state index contributed by atoms with van der Waals surface area (Å²) in [5.74, 6) is 0. The van der Waals surface area contributed by atoms with E-state index in [1.165, 1.54) is 44.9 Å². The summed E-state index contributed by atoms with van der Waals surface area (Å²) in [6, 6.07) is 0. The molecule has 0 heterocycles. The van der Waals surface area contributed by atoms with Crippen molar-refractivity contribution >= 4 is 5.43 Å². The van der Waals surface area contributed by atoms with Gasteiger partial charge in [-0.15, -0.1) is 0 Å². The van der Waals surface area contributed by atoms with Crippen LogP contribution in [0.5, 0.6) is 0 Å². The van der Waals surface area contributed by atoms with E-state index >= 15 is 0 Å². The molecule has 20 heavy (non-hydrogen) atoms. The quantitative estimate of drug-likeness (QED) is 0.391. The standard InChI is InChI=1S/C11H17.C5H5.C2H6Si.Zr/c1-2-3-4-5-8-11-9-6-7-10-11;1-2-4-5-3-1;1-3-2;/h9-10H,2-6,8H2,1H3;1-3H,4H2;1-2H3;. The third-order valence-corrected chi connectivity index (χ3v) is 21.3. The van der Waals surface area contributed by atoms with E-state index in [0.717, 1.165) is 0 Å². The van der Waals surface area contributed by atoms with Crippen LogP contribution in [0.3, 0.4) is 0 Å². The molecule has 0 aromatic heterocycles. The second kappa shape index (κ2) is 8.49. The van der Waals surface area contributed by atoms with Gasteiger partial charge in [-0.25, -0.2) is 0 Å². The van der Waals surface area contributed by atoms with Gasteiger partial charge in [-0.05, 0) is 0 Å². The molecule has 0 amide bonds. The second-order valence-electron chi connectivity index (χ2n) is 6.16. The van der Waals surface area contributed by atoms with Crippen molar-refractivity contribution < 1.29 is 20.4 Å². The Labute approximate surface area is 132 Å². The Balaban J connectivity index is 1.98. The summed E-state index contributed by atoms with van der Waals surface area (Å²) in [5, 5.41) is 0. The molecule has 0 atom stereocenters. The van der Waals surface area contributed by atoms with Gasteiger partial charge >= 0.3 is 133 Å². The first-order chi connectivity index (χ1) is 9.72. The van der Waals surface area contributed by atoms with Crippen molar-refractivity contribution in [1.29, 1.82) is 0 Å².